The zero-order valence-corrected chi connectivity index (χ0v) is 10.0. The summed E-state index contributed by atoms with van der Waals surface area (Å²) in [6.45, 7) is 6.25. The monoisotopic (exact) mass is 213 g/mol. The number of nitrogens with one attached hydrogen (secondary N) is 1. The van der Waals surface area contributed by atoms with Crippen LogP contribution in [-0.4, -0.2) is 23.2 Å². The summed E-state index contributed by atoms with van der Waals surface area (Å²) in [5.74, 6) is 0.794. The van der Waals surface area contributed by atoms with Gasteiger partial charge in [-0.05, 0) is 31.6 Å². The lowest BCUT2D eigenvalue weighted by Gasteiger charge is -2.26. The summed E-state index contributed by atoms with van der Waals surface area (Å²) in [7, 11) is 0. The van der Waals surface area contributed by atoms with Crippen molar-refractivity contribution in [2.75, 3.05) is 6.54 Å². The molecule has 0 spiro atoms. The molecule has 0 bridgehead atoms. The van der Waals surface area contributed by atoms with Gasteiger partial charge >= 0.3 is 0 Å². The van der Waals surface area contributed by atoms with Crippen molar-refractivity contribution in [3.63, 3.8) is 0 Å². The van der Waals surface area contributed by atoms with Crippen LogP contribution in [0.1, 0.15) is 46.5 Å². The van der Waals surface area contributed by atoms with E-state index in [4.69, 9.17) is 0 Å². The lowest BCUT2D eigenvalue weighted by Crippen LogP contribution is -2.43. The predicted molar refractivity (Wildman–Crippen MR) is 60.4 cm³/mol. The van der Waals surface area contributed by atoms with E-state index in [1.54, 1.807) is 0 Å². The molecule has 1 aliphatic rings. The van der Waals surface area contributed by atoms with Crippen LogP contribution < -0.4 is 5.32 Å². The standard InChI is InChI=1S/C12H23NO2/c1-4-12(15,5-2)8-13-11(14)9(3)10-6-7-10/h9-10,15H,4-8H2,1-3H3,(H,13,14). The average Bonchev–Trinajstić information content (AvgIpc) is 3.08. The maximum atomic E-state index is 11.7. The largest absolute Gasteiger partial charge is 0.388 e. The minimum Gasteiger partial charge on any atom is -0.388 e. The summed E-state index contributed by atoms with van der Waals surface area (Å²) < 4.78 is 0. The van der Waals surface area contributed by atoms with E-state index < -0.39 is 5.60 Å². The van der Waals surface area contributed by atoms with Gasteiger partial charge in [0.25, 0.3) is 0 Å². The van der Waals surface area contributed by atoms with Crippen molar-refractivity contribution >= 4 is 5.91 Å². The number of carbonyl (C=O) groups excluding carboxylic acids is 1. The number of amides is 1. The lowest BCUT2D eigenvalue weighted by atomic mass is 9.97. The van der Waals surface area contributed by atoms with Gasteiger partial charge in [0.05, 0.1) is 5.60 Å². The van der Waals surface area contributed by atoms with Gasteiger partial charge < -0.3 is 10.4 Å². The normalized spacial score (nSPS) is 18.7. The van der Waals surface area contributed by atoms with Crippen LogP contribution in [0.15, 0.2) is 0 Å². The molecule has 1 atom stereocenters. The molecule has 1 rings (SSSR count). The Balaban J connectivity index is 2.31. The third kappa shape index (κ3) is 3.49. The molecule has 88 valence electrons. The van der Waals surface area contributed by atoms with Gasteiger partial charge in [-0.3, -0.25) is 4.79 Å². The molecule has 0 aromatic heterocycles. The molecule has 3 nitrogen and oxygen atoms in total. The topological polar surface area (TPSA) is 49.3 Å². The molecule has 0 radical (unpaired) electrons. The van der Waals surface area contributed by atoms with Crippen molar-refractivity contribution in [1.82, 2.24) is 5.32 Å². The van der Waals surface area contributed by atoms with Crippen LogP contribution in [0.2, 0.25) is 0 Å². The summed E-state index contributed by atoms with van der Waals surface area (Å²) >= 11 is 0. The first-order valence-corrected chi connectivity index (χ1v) is 6.02. The van der Waals surface area contributed by atoms with Crippen molar-refractivity contribution < 1.29 is 9.90 Å². The van der Waals surface area contributed by atoms with Gasteiger partial charge in [0, 0.05) is 12.5 Å². The van der Waals surface area contributed by atoms with E-state index in [1.807, 2.05) is 20.8 Å². The second-order valence-corrected chi connectivity index (χ2v) is 4.78. The summed E-state index contributed by atoms with van der Waals surface area (Å²) in [4.78, 5) is 11.7. The van der Waals surface area contributed by atoms with Crippen LogP contribution >= 0.6 is 0 Å². The van der Waals surface area contributed by atoms with Crippen LogP contribution in [-0.2, 0) is 4.79 Å². The average molecular weight is 213 g/mol. The number of hydrogen-bond donors (Lipinski definition) is 2. The van der Waals surface area contributed by atoms with E-state index >= 15 is 0 Å². The van der Waals surface area contributed by atoms with E-state index in [-0.39, 0.29) is 11.8 Å². The molecule has 15 heavy (non-hydrogen) atoms. The van der Waals surface area contributed by atoms with Crippen LogP contribution in [0.3, 0.4) is 0 Å². The first-order chi connectivity index (χ1) is 7.02. The molecule has 1 fully saturated rings. The number of rotatable bonds is 6. The molecule has 0 aromatic rings. The van der Waals surface area contributed by atoms with E-state index in [9.17, 15) is 9.90 Å². The Bertz CT molecular complexity index is 220. The lowest BCUT2D eigenvalue weighted by molar-refractivity contribution is -0.126. The molecule has 1 aliphatic carbocycles. The minimum atomic E-state index is -0.723. The van der Waals surface area contributed by atoms with Crippen LogP contribution in [0.4, 0.5) is 0 Å². The SMILES string of the molecule is CCC(O)(CC)CNC(=O)C(C)C1CC1. The Morgan fingerprint density at radius 3 is 2.40 bits per heavy atom. The first kappa shape index (κ1) is 12.5. The van der Waals surface area contributed by atoms with E-state index in [0.717, 1.165) is 0 Å². The number of hydrogen-bond acceptors (Lipinski definition) is 2. The smallest absolute Gasteiger partial charge is 0.223 e. The summed E-state index contributed by atoms with van der Waals surface area (Å²) in [5, 5.41) is 12.9. The third-order valence-electron chi connectivity index (χ3n) is 3.65. The Morgan fingerprint density at radius 2 is 2.00 bits per heavy atom. The van der Waals surface area contributed by atoms with Crippen LogP contribution in [0.25, 0.3) is 0 Å². The number of carbonyl (C=O) groups is 1. The van der Waals surface area contributed by atoms with Crippen molar-refractivity contribution in [1.29, 1.82) is 0 Å². The molecule has 0 aliphatic heterocycles. The highest BCUT2D eigenvalue weighted by molar-refractivity contribution is 5.78. The van der Waals surface area contributed by atoms with Gasteiger partial charge in [-0.1, -0.05) is 20.8 Å². The fourth-order valence-electron chi connectivity index (χ4n) is 1.72. The Labute approximate surface area is 92.3 Å². The summed E-state index contributed by atoms with van der Waals surface area (Å²) in [5.41, 5.74) is -0.723. The Hall–Kier alpha value is -0.570. The number of aliphatic hydroxyl groups is 1. The van der Waals surface area contributed by atoms with Crippen LogP contribution in [0, 0.1) is 11.8 Å². The van der Waals surface area contributed by atoms with E-state index in [0.29, 0.717) is 25.3 Å². The van der Waals surface area contributed by atoms with E-state index in [1.165, 1.54) is 12.8 Å². The fourth-order valence-corrected chi connectivity index (χ4v) is 1.72. The predicted octanol–water partition coefficient (Wildman–Crippen LogP) is 1.70. The highest BCUT2D eigenvalue weighted by atomic mass is 16.3. The van der Waals surface area contributed by atoms with Crippen molar-refractivity contribution in [2.45, 2.75) is 52.1 Å². The van der Waals surface area contributed by atoms with E-state index in [2.05, 4.69) is 5.32 Å². The molecule has 1 amide bonds. The first-order valence-electron chi connectivity index (χ1n) is 6.02. The molecule has 0 saturated heterocycles. The zero-order valence-electron chi connectivity index (χ0n) is 10.0. The summed E-state index contributed by atoms with van der Waals surface area (Å²) in [6, 6.07) is 0. The maximum absolute atomic E-state index is 11.7. The fraction of sp³-hybridized carbons (Fsp3) is 0.917. The second-order valence-electron chi connectivity index (χ2n) is 4.78. The molecule has 2 N–H and O–H groups in total. The van der Waals surface area contributed by atoms with Crippen molar-refractivity contribution in [3.8, 4) is 0 Å². The third-order valence-corrected chi connectivity index (χ3v) is 3.65. The van der Waals surface area contributed by atoms with Gasteiger partial charge in [-0.25, -0.2) is 0 Å². The highest BCUT2D eigenvalue weighted by Crippen LogP contribution is 2.36. The Morgan fingerprint density at radius 1 is 1.47 bits per heavy atom. The van der Waals surface area contributed by atoms with Crippen LogP contribution in [0.5, 0.6) is 0 Å². The second kappa shape index (κ2) is 4.97. The van der Waals surface area contributed by atoms with Gasteiger partial charge in [0.2, 0.25) is 5.91 Å². The van der Waals surface area contributed by atoms with Gasteiger partial charge in [-0.2, -0.15) is 0 Å². The quantitative estimate of drug-likeness (QED) is 0.705. The van der Waals surface area contributed by atoms with Gasteiger partial charge in [-0.15, -0.1) is 0 Å². The van der Waals surface area contributed by atoms with Crippen molar-refractivity contribution in [3.05, 3.63) is 0 Å². The molecular weight excluding hydrogens is 190 g/mol. The maximum Gasteiger partial charge on any atom is 0.223 e. The van der Waals surface area contributed by atoms with Crippen molar-refractivity contribution in [2.24, 2.45) is 11.8 Å². The molecule has 3 heteroatoms. The molecule has 0 aromatic carbocycles. The zero-order chi connectivity index (χ0) is 11.5. The molecule has 1 saturated carbocycles. The molecular formula is C12H23NO2. The highest BCUT2D eigenvalue weighted by Gasteiger charge is 2.33. The van der Waals surface area contributed by atoms with Gasteiger partial charge in [0.1, 0.15) is 0 Å². The summed E-state index contributed by atoms with van der Waals surface area (Å²) in [6.07, 6.45) is 3.73. The molecule has 1 unspecified atom stereocenters. The molecule has 0 heterocycles. The minimum absolute atomic E-state index is 0.0952. The Kier molecular flexibility index (Phi) is 4.14. The van der Waals surface area contributed by atoms with Gasteiger partial charge in [0.15, 0.2) is 0 Å².